The number of halogens is 2. The van der Waals surface area contributed by atoms with Crippen LogP contribution in [0.4, 0.5) is 4.39 Å². The lowest BCUT2D eigenvalue weighted by Crippen LogP contribution is -2.49. The predicted octanol–water partition coefficient (Wildman–Crippen LogP) is 2.69. The van der Waals surface area contributed by atoms with Crippen molar-refractivity contribution in [1.82, 2.24) is 19.9 Å². The van der Waals surface area contributed by atoms with Crippen LogP contribution in [-0.2, 0) is 4.79 Å². The number of aromatic nitrogens is 3. The van der Waals surface area contributed by atoms with Crippen LogP contribution in [0.25, 0.3) is 5.69 Å². The molecule has 0 saturated carbocycles. The van der Waals surface area contributed by atoms with Crippen molar-refractivity contribution in [1.29, 1.82) is 0 Å². The van der Waals surface area contributed by atoms with Crippen LogP contribution in [0.5, 0.6) is 0 Å². The van der Waals surface area contributed by atoms with E-state index in [2.05, 4.69) is 10.3 Å². The van der Waals surface area contributed by atoms with Crippen LogP contribution in [0.1, 0.15) is 35.9 Å². The molecule has 0 spiro atoms. The van der Waals surface area contributed by atoms with E-state index in [-0.39, 0.29) is 16.6 Å². The third kappa shape index (κ3) is 3.16. The average Bonchev–Trinajstić information content (AvgIpc) is 2.98. The molecule has 1 aromatic carbocycles. The van der Waals surface area contributed by atoms with Gasteiger partial charge in [-0.25, -0.2) is 9.07 Å². The first-order chi connectivity index (χ1) is 12.3. The number of benzene rings is 1. The summed E-state index contributed by atoms with van der Waals surface area (Å²) in [4.78, 5) is 25.8. The maximum atomic E-state index is 13.4. The number of hydrogen-bond acceptors (Lipinski definition) is 4. The number of nitrogens with zero attached hydrogens (tertiary/aromatic N) is 4. The van der Waals surface area contributed by atoms with Crippen LogP contribution in [0, 0.1) is 18.7 Å². The van der Waals surface area contributed by atoms with Crippen LogP contribution in [0.2, 0.25) is 5.02 Å². The molecule has 2 heterocycles. The number of carbonyl (C=O) groups excluding carboxylic acids is 1. The Morgan fingerprint density at radius 2 is 2.12 bits per heavy atom. The standard InChI is InChI=1S/C17H18ClFN4O3/c1-9-12(17(25)26)4-3-7-22(9)16(24)15-10(2)23(21-20-15)11-5-6-14(19)13(18)8-11/h5-6,8-9,12H,3-4,7H2,1-2H3,(H,25,26)/t9-,12-/m1/s1. The number of amides is 1. The molecule has 138 valence electrons. The number of carboxylic acids is 1. The summed E-state index contributed by atoms with van der Waals surface area (Å²) in [5.41, 5.74) is 1.10. The van der Waals surface area contributed by atoms with Crippen LogP contribution in [0.15, 0.2) is 18.2 Å². The molecule has 2 aromatic rings. The molecular weight excluding hydrogens is 363 g/mol. The first-order valence-corrected chi connectivity index (χ1v) is 8.60. The second kappa shape index (κ2) is 7.03. The van der Waals surface area contributed by atoms with Gasteiger partial charge in [-0.1, -0.05) is 16.8 Å². The van der Waals surface area contributed by atoms with Gasteiger partial charge >= 0.3 is 5.97 Å². The summed E-state index contributed by atoms with van der Waals surface area (Å²) in [6.07, 6.45) is 1.16. The fourth-order valence-electron chi connectivity index (χ4n) is 3.28. The molecule has 0 bridgehead atoms. The van der Waals surface area contributed by atoms with Gasteiger partial charge in [-0.3, -0.25) is 9.59 Å². The smallest absolute Gasteiger partial charge is 0.308 e. The number of hydrogen-bond donors (Lipinski definition) is 1. The molecule has 7 nitrogen and oxygen atoms in total. The molecule has 1 fully saturated rings. The highest BCUT2D eigenvalue weighted by atomic mass is 35.5. The van der Waals surface area contributed by atoms with Crippen LogP contribution < -0.4 is 0 Å². The third-order valence-corrected chi connectivity index (χ3v) is 5.10. The number of carbonyl (C=O) groups is 2. The third-order valence-electron chi connectivity index (χ3n) is 4.81. The summed E-state index contributed by atoms with van der Waals surface area (Å²) in [7, 11) is 0. The second-order valence-corrected chi connectivity index (χ2v) is 6.77. The second-order valence-electron chi connectivity index (χ2n) is 6.36. The van der Waals surface area contributed by atoms with Gasteiger partial charge in [-0.05, 0) is 44.9 Å². The topological polar surface area (TPSA) is 88.3 Å². The molecule has 3 rings (SSSR count). The fourth-order valence-corrected chi connectivity index (χ4v) is 3.46. The zero-order valence-corrected chi connectivity index (χ0v) is 15.1. The summed E-state index contributed by atoms with van der Waals surface area (Å²) in [5, 5.41) is 17.2. The summed E-state index contributed by atoms with van der Waals surface area (Å²) >= 11 is 5.80. The van der Waals surface area contributed by atoms with E-state index in [1.165, 1.54) is 27.8 Å². The molecule has 1 aromatic heterocycles. The molecule has 1 N–H and O–H groups in total. The van der Waals surface area contributed by atoms with Crippen LogP contribution in [-0.4, -0.2) is 49.5 Å². The van der Waals surface area contributed by atoms with Crippen molar-refractivity contribution in [3.8, 4) is 5.69 Å². The van der Waals surface area contributed by atoms with Crippen molar-refractivity contribution in [3.63, 3.8) is 0 Å². The van der Waals surface area contributed by atoms with Gasteiger partial charge < -0.3 is 10.0 Å². The Bertz CT molecular complexity index is 870. The van der Waals surface area contributed by atoms with E-state index in [1.54, 1.807) is 13.8 Å². The fraction of sp³-hybridized carbons (Fsp3) is 0.412. The molecule has 1 aliphatic heterocycles. The maximum absolute atomic E-state index is 13.4. The lowest BCUT2D eigenvalue weighted by molar-refractivity contribution is -0.144. The van der Waals surface area contributed by atoms with Crippen LogP contribution in [0.3, 0.4) is 0 Å². The summed E-state index contributed by atoms with van der Waals surface area (Å²) in [6.45, 7) is 3.88. The molecule has 1 amide bonds. The van der Waals surface area contributed by atoms with Gasteiger partial charge in [0.25, 0.3) is 5.91 Å². The molecule has 0 aliphatic carbocycles. The Morgan fingerprint density at radius 3 is 2.77 bits per heavy atom. The number of carboxylic acid groups (broad SMARTS) is 1. The first kappa shape index (κ1) is 18.3. The largest absolute Gasteiger partial charge is 0.481 e. The van der Waals surface area contributed by atoms with Gasteiger partial charge in [-0.2, -0.15) is 0 Å². The number of likely N-dealkylation sites (tertiary alicyclic amines) is 1. The molecular formula is C17H18ClFN4O3. The van der Waals surface area contributed by atoms with Crippen molar-refractivity contribution in [2.45, 2.75) is 32.7 Å². The van der Waals surface area contributed by atoms with E-state index in [0.29, 0.717) is 30.8 Å². The SMILES string of the molecule is Cc1c(C(=O)N2CCC[C@@H](C(=O)O)[C@H]2C)nnn1-c1ccc(F)c(Cl)c1. The monoisotopic (exact) mass is 380 g/mol. The maximum Gasteiger partial charge on any atom is 0.308 e. The van der Waals surface area contributed by atoms with E-state index in [0.717, 1.165) is 0 Å². The van der Waals surface area contributed by atoms with Crippen molar-refractivity contribution in [3.05, 3.63) is 40.4 Å². The molecule has 0 radical (unpaired) electrons. The Balaban J connectivity index is 1.90. The van der Waals surface area contributed by atoms with Crippen molar-refractivity contribution < 1.29 is 19.1 Å². The Labute approximate surface area is 154 Å². The first-order valence-electron chi connectivity index (χ1n) is 8.22. The van der Waals surface area contributed by atoms with Crippen molar-refractivity contribution >= 4 is 23.5 Å². The Hall–Kier alpha value is -2.48. The van der Waals surface area contributed by atoms with Gasteiger partial charge in [0, 0.05) is 12.6 Å². The van der Waals surface area contributed by atoms with Gasteiger partial charge in [-0.15, -0.1) is 5.10 Å². The molecule has 2 atom stereocenters. The molecule has 26 heavy (non-hydrogen) atoms. The minimum Gasteiger partial charge on any atom is -0.481 e. The van der Waals surface area contributed by atoms with Gasteiger partial charge in [0.1, 0.15) is 5.82 Å². The molecule has 1 saturated heterocycles. The van der Waals surface area contributed by atoms with Crippen molar-refractivity contribution in [2.75, 3.05) is 6.54 Å². The Morgan fingerprint density at radius 1 is 1.38 bits per heavy atom. The summed E-state index contributed by atoms with van der Waals surface area (Å²) < 4.78 is 14.8. The van der Waals surface area contributed by atoms with Crippen molar-refractivity contribution in [2.24, 2.45) is 5.92 Å². The quantitative estimate of drug-likeness (QED) is 0.884. The highest BCUT2D eigenvalue weighted by molar-refractivity contribution is 6.30. The molecule has 0 unspecified atom stereocenters. The van der Waals surface area contributed by atoms with E-state index in [1.807, 2.05) is 0 Å². The van der Waals surface area contributed by atoms with Crippen LogP contribution >= 0.6 is 11.6 Å². The summed E-state index contributed by atoms with van der Waals surface area (Å²) in [5.74, 6) is -2.41. The normalized spacial score (nSPS) is 20.2. The zero-order valence-electron chi connectivity index (χ0n) is 14.3. The van der Waals surface area contributed by atoms with Gasteiger partial charge in [0.2, 0.25) is 0 Å². The Kier molecular flexibility index (Phi) is 4.95. The minimum atomic E-state index is -0.906. The van der Waals surface area contributed by atoms with Gasteiger partial charge in [0.05, 0.1) is 22.3 Å². The lowest BCUT2D eigenvalue weighted by atomic mass is 9.90. The van der Waals surface area contributed by atoms with Gasteiger partial charge in [0.15, 0.2) is 5.69 Å². The lowest BCUT2D eigenvalue weighted by Gasteiger charge is -2.37. The van der Waals surface area contributed by atoms with E-state index in [9.17, 15) is 19.1 Å². The minimum absolute atomic E-state index is 0.0563. The molecule has 1 aliphatic rings. The average molecular weight is 381 g/mol. The molecule has 9 heteroatoms. The van der Waals surface area contributed by atoms with E-state index in [4.69, 9.17) is 11.6 Å². The number of piperidine rings is 1. The number of rotatable bonds is 3. The highest BCUT2D eigenvalue weighted by Crippen LogP contribution is 2.26. The zero-order chi connectivity index (χ0) is 19.0. The van der Waals surface area contributed by atoms with E-state index >= 15 is 0 Å². The summed E-state index contributed by atoms with van der Waals surface area (Å²) in [6, 6.07) is 3.67. The van der Waals surface area contributed by atoms with E-state index < -0.39 is 23.7 Å². The highest BCUT2D eigenvalue weighted by Gasteiger charge is 2.37. The predicted molar refractivity (Wildman–Crippen MR) is 91.9 cm³/mol. The number of aliphatic carboxylic acids is 1.